The number of rotatable bonds is 3. The molecule has 0 amide bonds. The second-order valence-electron chi connectivity index (χ2n) is 4.84. The summed E-state index contributed by atoms with van der Waals surface area (Å²) in [4.78, 5) is 3.62. The van der Waals surface area contributed by atoms with E-state index in [0.29, 0.717) is 0 Å². The summed E-state index contributed by atoms with van der Waals surface area (Å²) in [6.07, 6.45) is 0. The first-order chi connectivity index (χ1) is 9.20. The second kappa shape index (κ2) is 6.82. The van der Waals surface area contributed by atoms with E-state index in [0.717, 1.165) is 49.9 Å². The Balaban J connectivity index is 1.84. The fourth-order valence-electron chi connectivity index (χ4n) is 2.38. The molecule has 19 heavy (non-hydrogen) atoms. The Kier molecular flexibility index (Phi) is 5.10. The van der Waals surface area contributed by atoms with Crippen LogP contribution in [-0.4, -0.2) is 42.7 Å². The van der Waals surface area contributed by atoms with Gasteiger partial charge in [0.1, 0.15) is 12.4 Å². The summed E-state index contributed by atoms with van der Waals surface area (Å²) in [5.41, 5.74) is 0.806. The zero-order valence-corrected chi connectivity index (χ0v) is 12.1. The molecule has 1 fully saturated rings. The minimum absolute atomic E-state index is 0.0967. The molecule has 1 aromatic carbocycles. The monoisotopic (exact) mass is 282 g/mol. The third-order valence-corrected chi connectivity index (χ3v) is 3.89. The molecule has 0 saturated carbocycles. The lowest BCUT2D eigenvalue weighted by atomic mass is 10.2. The summed E-state index contributed by atoms with van der Waals surface area (Å²) in [6, 6.07) is 7.04. The Morgan fingerprint density at radius 2 is 2.05 bits per heavy atom. The minimum Gasteiger partial charge on any atom is -0.363 e. The number of benzene rings is 1. The second-order valence-corrected chi connectivity index (χ2v) is 5.23. The highest BCUT2D eigenvalue weighted by molar-refractivity contribution is 7.80. The number of hydrogen-bond acceptors (Lipinski definition) is 1. The minimum atomic E-state index is -0.0967. The highest BCUT2D eigenvalue weighted by Gasteiger charge is 2.22. The van der Waals surface area contributed by atoms with Crippen molar-refractivity contribution in [3.8, 4) is 0 Å². The number of thiocarbonyl (C=S) groups is 1. The van der Waals surface area contributed by atoms with E-state index >= 15 is 0 Å². The van der Waals surface area contributed by atoms with Crippen molar-refractivity contribution in [2.75, 3.05) is 32.7 Å². The van der Waals surface area contributed by atoms with Gasteiger partial charge in [0, 0.05) is 12.1 Å². The predicted octanol–water partition coefficient (Wildman–Crippen LogP) is 0.421. The Bertz CT molecular complexity index is 430. The Labute approximate surface area is 119 Å². The molecule has 0 bridgehead atoms. The van der Waals surface area contributed by atoms with Gasteiger partial charge in [-0.3, -0.25) is 0 Å². The quantitative estimate of drug-likeness (QED) is 0.784. The Hall–Kier alpha value is -1.20. The SMILES string of the molecule is CCNC(=S)N1CC[NH+](Cc2ccccc2F)CC1. The van der Waals surface area contributed by atoms with E-state index < -0.39 is 0 Å². The van der Waals surface area contributed by atoms with Crippen LogP contribution in [0.1, 0.15) is 12.5 Å². The molecular formula is C14H21FN3S+. The van der Waals surface area contributed by atoms with Gasteiger partial charge in [0.15, 0.2) is 5.11 Å². The lowest BCUT2D eigenvalue weighted by molar-refractivity contribution is -0.917. The standard InChI is InChI=1S/C14H20FN3S/c1-2-16-14(19)18-9-7-17(8-10-18)11-12-5-3-4-6-13(12)15/h3-6H,2,7-11H2,1H3,(H,16,19)/p+1. The first-order valence-corrected chi connectivity index (χ1v) is 7.21. The fourth-order valence-corrected chi connectivity index (χ4v) is 2.70. The maximum Gasteiger partial charge on any atom is 0.169 e. The van der Waals surface area contributed by atoms with Crippen molar-refractivity contribution >= 4 is 17.3 Å². The van der Waals surface area contributed by atoms with Crippen LogP contribution in [0.2, 0.25) is 0 Å². The van der Waals surface area contributed by atoms with Crippen LogP contribution in [0.15, 0.2) is 24.3 Å². The smallest absolute Gasteiger partial charge is 0.169 e. The van der Waals surface area contributed by atoms with Gasteiger partial charge < -0.3 is 15.1 Å². The van der Waals surface area contributed by atoms with Crippen molar-refractivity contribution in [3.05, 3.63) is 35.6 Å². The van der Waals surface area contributed by atoms with Crippen LogP contribution in [0.5, 0.6) is 0 Å². The molecule has 0 atom stereocenters. The maximum absolute atomic E-state index is 13.6. The summed E-state index contributed by atoms with van der Waals surface area (Å²) < 4.78 is 13.6. The zero-order valence-electron chi connectivity index (χ0n) is 11.3. The van der Waals surface area contributed by atoms with E-state index in [1.807, 2.05) is 19.1 Å². The van der Waals surface area contributed by atoms with Crippen molar-refractivity contribution < 1.29 is 9.29 Å². The van der Waals surface area contributed by atoms with Crippen molar-refractivity contribution in [1.82, 2.24) is 10.2 Å². The number of halogens is 1. The summed E-state index contributed by atoms with van der Waals surface area (Å²) in [5, 5.41) is 4.02. The lowest BCUT2D eigenvalue weighted by Crippen LogP contribution is -3.13. The molecule has 1 aliphatic rings. The Morgan fingerprint density at radius 1 is 1.37 bits per heavy atom. The molecule has 104 valence electrons. The number of quaternary nitrogens is 1. The van der Waals surface area contributed by atoms with Gasteiger partial charge in [0.05, 0.1) is 26.2 Å². The van der Waals surface area contributed by atoms with Crippen LogP contribution >= 0.6 is 12.2 Å². The maximum atomic E-state index is 13.6. The topological polar surface area (TPSA) is 19.7 Å². The summed E-state index contributed by atoms with van der Waals surface area (Å²) in [5.74, 6) is -0.0967. The summed E-state index contributed by atoms with van der Waals surface area (Å²) in [7, 11) is 0. The van der Waals surface area contributed by atoms with Crippen LogP contribution in [0.3, 0.4) is 0 Å². The van der Waals surface area contributed by atoms with Gasteiger partial charge in [-0.25, -0.2) is 4.39 Å². The van der Waals surface area contributed by atoms with Crippen LogP contribution in [0.4, 0.5) is 4.39 Å². The normalized spacial score (nSPS) is 16.4. The summed E-state index contributed by atoms with van der Waals surface area (Å²) in [6.45, 7) is 7.55. The van der Waals surface area contributed by atoms with Crippen molar-refractivity contribution in [3.63, 3.8) is 0 Å². The van der Waals surface area contributed by atoms with Gasteiger partial charge in [-0.1, -0.05) is 18.2 Å². The number of piperazine rings is 1. The molecule has 5 heteroatoms. The molecule has 2 rings (SSSR count). The third kappa shape index (κ3) is 3.88. The predicted molar refractivity (Wildman–Crippen MR) is 78.6 cm³/mol. The highest BCUT2D eigenvalue weighted by Crippen LogP contribution is 2.04. The van der Waals surface area contributed by atoms with E-state index in [1.54, 1.807) is 6.07 Å². The van der Waals surface area contributed by atoms with E-state index in [-0.39, 0.29) is 5.82 Å². The van der Waals surface area contributed by atoms with Gasteiger partial charge in [0.2, 0.25) is 0 Å². The molecule has 1 saturated heterocycles. The van der Waals surface area contributed by atoms with Gasteiger partial charge in [0.25, 0.3) is 0 Å². The first-order valence-electron chi connectivity index (χ1n) is 6.80. The van der Waals surface area contributed by atoms with Crippen molar-refractivity contribution in [2.24, 2.45) is 0 Å². The molecule has 1 heterocycles. The molecule has 1 aliphatic heterocycles. The molecule has 2 N–H and O–H groups in total. The number of hydrogen-bond donors (Lipinski definition) is 2. The lowest BCUT2D eigenvalue weighted by Gasteiger charge is -2.33. The summed E-state index contributed by atoms with van der Waals surface area (Å²) >= 11 is 5.31. The Morgan fingerprint density at radius 3 is 2.68 bits per heavy atom. The molecule has 0 radical (unpaired) electrons. The highest BCUT2D eigenvalue weighted by atomic mass is 32.1. The van der Waals surface area contributed by atoms with Gasteiger partial charge in [-0.2, -0.15) is 0 Å². The van der Waals surface area contributed by atoms with Gasteiger partial charge in [-0.05, 0) is 25.2 Å². The largest absolute Gasteiger partial charge is 0.363 e. The van der Waals surface area contributed by atoms with Crippen LogP contribution in [0, 0.1) is 5.82 Å². The molecular weight excluding hydrogens is 261 g/mol. The van der Waals surface area contributed by atoms with Crippen LogP contribution in [-0.2, 0) is 6.54 Å². The van der Waals surface area contributed by atoms with Crippen molar-refractivity contribution in [1.29, 1.82) is 0 Å². The van der Waals surface area contributed by atoms with Crippen LogP contribution in [0.25, 0.3) is 0 Å². The fraction of sp³-hybridized carbons (Fsp3) is 0.500. The molecule has 0 aliphatic carbocycles. The average molecular weight is 282 g/mol. The van der Waals surface area contributed by atoms with E-state index in [2.05, 4.69) is 10.2 Å². The first kappa shape index (κ1) is 14.2. The molecule has 3 nitrogen and oxygen atoms in total. The average Bonchev–Trinajstić information content (AvgIpc) is 2.42. The van der Waals surface area contributed by atoms with Crippen LogP contribution < -0.4 is 10.2 Å². The number of nitrogens with one attached hydrogen (secondary N) is 2. The van der Waals surface area contributed by atoms with Gasteiger partial charge >= 0.3 is 0 Å². The molecule has 1 aromatic rings. The molecule has 0 aromatic heterocycles. The van der Waals surface area contributed by atoms with E-state index in [4.69, 9.17) is 12.2 Å². The molecule has 0 spiro atoms. The molecule has 0 unspecified atom stereocenters. The third-order valence-electron chi connectivity index (χ3n) is 3.48. The van der Waals surface area contributed by atoms with Gasteiger partial charge in [-0.15, -0.1) is 0 Å². The number of nitrogens with zero attached hydrogens (tertiary/aromatic N) is 1. The zero-order chi connectivity index (χ0) is 13.7. The van der Waals surface area contributed by atoms with E-state index in [9.17, 15) is 4.39 Å². The van der Waals surface area contributed by atoms with Crippen molar-refractivity contribution in [2.45, 2.75) is 13.5 Å². The van der Waals surface area contributed by atoms with E-state index in [1.165, 1.54) is 11.0 Å².